The number of nitrogens with one attached hydrogen (secondary N) is 6. The molecule has 1 aliphatic rings. The minimum Gasteiger partial charge on any atom is -0.508 e. The Morgan fingerprint density at radius 1 is 0.806 bits per heavy atom. The van der Waals surface area contributed by atoms with Gasteiger partial charge in [0.25, 0.3) is 0 Å². The van der Waals surface area contributed by atoms with E-state index in [9.17, 15) is 20.4 Å². The molecule has 0 amide bonds. The molecule has 12 heteroatoms. The van der Waals surface area contributed by atoms with Crippen molar-refractivity contribution >= 4 is 5.69 Å². The number of hydrogen-bond donors (Lipinski definition) is 12. The number of hydrogen-bond acceptors (Lipinski definition) is 12. The number of aliphatic hydroxyl groups excluding tert-OH is 2. The Kier molecular flexibility index (Phi) is 20.9. The fourth-order valence-corrected chi connectivity index (χ4v) is 8.67. The average molecular weight is 855 g/mol. The zero-order valence-corrected chi connectivity index (χ0v) is 37.7. The van der Waals surface area contributed by atoms with Gasteiger partial charge in [-0.3, -0.25) is 21.7 Å². The van der Waals surface area contributed by atoms with E-state index in [-0.39, 0.29) is 38.3 Å². The average Bonchev–Trinajstić information content (AvgIpc) is 3.26. The molecule has 3 aromatic carbocycles. The van der Waals surface area contributed by atoms with Gasteiger partial charge in [-0.25, -0.2) is 0 Å². The Morgan fingerprint density at radius 2 is 1.47 bits per heavy atom. The van der Waals surface area contributed by atoms with Crippen molar-refractivity contribution in [2.24, 2.45) is 17.4 Å². The Morgan fingerprint density at radius 3 is 2.10 bits per heavy atom. The molecule has 14 N–H and O–H groups in total. The molecule has 0 spiro atoms. The van der Waals surface area contributed by atoms with E-state index in [1.165, 1.54) is 19.3 Å². The number of phenolic OH excluding ortho intramolecular Hbond substituents is 1. The number of benzene rings is 3. The van der Waals surface area contributed by atoms with Crippen LogP contribution in [0.2, 0.25) is 0 Å². The van der Waals surface area contributed by atoms with Crippen LogP contribution >= 0.6 is 0 Å². The summed E-state index contributed by atoms with van der Waals surface area (Å²) in [6.07, 6.45) is 13.0. The molecule has 0 bridgehead atoms. The van der Waals surface area contributed by atoms with E-state index in [1.807, 2.05) is 81.6 Å². The maximum atomic E-state index is 13.8. The third kappa shape index (κ3) is 14.1. The summed E-state index contributed by atoms with van der Waals surface area (Å²) in [6.45, 7) is 12.0. The largest absolute Gasteiger partial charge is 0.508 e. The quantitative estimate of drug-likeness (QED) is 0.0214. The number of rotatable bonds is 29. The van der Waals surface area contributed by atoms with Gasteiger partial charge in [-0.2, -0.15) is 0 Å². The van der Waals surface area contributed by atoms with Crippen molar-refractivity contribution in [2.45, 2.75) is 128 Å². The number of nitrogens with two attached hydrogens (primary N) is 2. The molecule has 1 aliphatic carbocycles. The van der Waals surface area contributed by atoms with Crippen LogP contribution in [0, 0.1) is 12.8 Å². The van der Waals surface area contributed by atoms with Crippen molar-refractivity contribution in [1.82, 2.24) is 26.6 Å². The van der Waals surface area contributed by atoms with Gasteiger partial charge >= 0.3 is 0 Å². The van der Waals surface area contributed by atoms with E-state index in [0.29, 0.717) is 79.6 Å². The first-order valence-corrected chi connectivity index (χ1v) is 22.8. The summed E-state index contributed by atoms with van der Waals surface area (Å²) >= 11 is 0. The number of anilines is 1. The highest BCUT2D eigenvalue weighted by atomic mass is 16.3. The molecule has 0 radical (unpaired) electrons. The Balaban J connectivity index is 2.10. The van der Waals surface area contributed by atoms with Crippen molar-refractivity contribution < 1.29 is 20.4 Å². The number of aliphatic hydroxyl groups is 3. The molecule has 3 unspecified atom stereocenters. The lowest BCUT2D eigenvalue weighted by Gasteiger charge is -2.58. The second kappa shape index (κ2) is 25.8. The van der Waals surface area contributed by atoms with Gasteiger partial charge in [0.1, 0.15) is 28.6 Å². The van der Waals surface area contributed by atoms with E-state index >= 15 is 0 Å². The smallest absolute Gasteiger partial charge is 0.148 e. The zero-order chi connectivity index (χ0) is 44.9. The predicted molar refractivity (Wildman–Crippen MR) is 255 cm³/mol. The van der Waals surface area contributed by atoms with Crippen molar-refractivity contribution in [1.29, 1.82) is 0 Å². The normalized spacial score (nSPS) is 16.8. The summed E-state index contributed by atoms with van der Waals surface area (Å²) in [7, 11) is 0. The number of unbranched alkanes of at least 4 members (excludes halogenated alkanes) is 2. The zero-order valence-electron chi connectivity index (χ0n) is 37.7. The maximum absolute atomic E-state index is 13.8. The van der Waals surface area contributed by atoms with Gasteiger partial charge in [-0.05, 0) is 107 Å². The molecule has 0 heterocycles. The molecule has 0 aliphatic heterocycles. The van der Waals surface area contributed by atoms with Crippen LogP contribution in [0.15, 0.2) is 109 Å². The van der Waals surface area contributed by atoms with Crippen LogP contribution in [0.25, 0.3) is 0 Å². The van der Waals surface area contributed by atoms with Gasteiger partial charge in [0.2, 0.25) is 0 Å². The van der Waals surface area contributed by atoms with Crippen LogP contribution < -0.4 is 43.4 Å². The Labute approximate surface area is 371 Å². The molecule has 3 aromatic rings. The topological polar surface area (TPSA) is 205 Å². The second-order valence-electron chi connectivity index (χ2n) is 17.1. The van der Waals surface area contributed by atoms with Gasteiger partial charge in [0, 0.05) is 62.6 Å². The highest BCUT2D eigenvalue weighted by Crippen LogP contribution is 2.41. The van der Waals surface area contributed by atoms with E-state index in [2.05, 4.69) is 50.6 Å². The number of allylic oxidation sites excluding steroid dienone is 1. The molecule has 0 saturated heterocycles. The van der Waals surface area contributed by atoms with Crippen LogP contribution in [0.1, 0.15) is 107 Å². The van der Waals surface area contributed by atoms with Gasteiger partial charge in [-0.15, -0.1) is 6.58 Å². The lowest BCUT2D eigenvalue weighted by atomic mass is 9.69. The van der Waals surface area contributed by atoms with Crippen molar-refractivity contribution in [3.05, 3.63) is 131 Å². The summed E-state index contributed by atoms with van der Waals surface area (Å²) in [5, 5.41) is 67.6. The lowest BCUT2D eigenvalue weighted by Crippen LogP contribution is -2.89. The van der Waals surface area contributed by atoms with E-state index < -0.39 is 17.1 Å². The molecule has 342 valence electrons. The SMILES string of the molecule is C=C(C)CCNC(N)(NCCCCCO)C(NCc1ccccc1)(C(CCO)=C(NCc1ccccc1)NCC1CCCCC1)C(N)(O)Cc1ccc(O)c(C)c1N/C=C/CC. The van der Waals surface area contributed by atoms with Crippen LogP contribution in [0.3, 0.4) is 0 Å². The minimum atomic E-state index is -2.23. The molecule has 62 heavy (non-hydrogen) atoms. The van der Waals surface area contributed by atoms with Crippen LogP contribution in [-0.2, 0) is 19.5 Å². The molecular formula is C50H78N8O4. The Hall–Kier alpha value is -4.24. The van der Waals surface area contributed by atoms with Gasteiger partial charge in [-0.1, -0.05) is 105 Å². The second-order valence-corrected chi connectivity index (χ2v) is 17.1. The first-order chi connectivity index (χ1) is 29.9. The van der Waals surface area contributed by atoms with Gasteiger partial charge in [0.05, 0.1) is 0 Å². The maximum Gasteiger partial charge on any atom is 0.148 e. The van der Waals surface area contributed by atoms with Crippen LogP contribution in [0.5, 0.6) is 5.75 Å². The minimum absolute atomic E-state index is 0.0815. The lowest BCUT2D eigenvalue weighted by molar-refractivity contribution is -0.0878. The fraction of sp³-hybridized carbons (Fsp3) is 0.520. The summed E-state index contributed by atoms with van der Waals surface area (Å²) in [4.78, 5) is 0. The predicted octanol–water partition coefficient (Wildman–Crippen LogP) is 6.23. The monoisotopic (exact) mass is 855 g/mol. The first-order valence-electron chi connectivity index (χ1n) is 22.8. The Bertz CT molecular complexity index is 1830. The van der Waals surface area contributed by atoms with Crippen LogP contribution in [0.4, 0.5) is 5.69 Å². The fourth-order valence-electron chi connectivity index (χ4n) is 8.67. The molecule has 0 aromatic heterocycles. The standard InChI is InChI=1S/C50H78N8O4/c1-5-6-29-53-46-39(4)45(61)26-25-43(46)34-48(51,62)49(58-37-42-23-15-9-16-24-42,50(52,57-31-27-38(2)3)56-30-17-10-18-32-59)44(28-33-60)47(54-35-40-19-11-7-12-20-40)55-36-41-21-13-8-14-22-41/h6-7,9,11-12,15-16,19-20,23-26,29,41,53-62H,2,5,8,10,13-14,17-18,21-22,27-28,30-37,51-52H2,1,3-4H3/b29-6+,47-44?. The van der Waals surface area contributed by atoms with Crippen LogP contribution in [-0.4, -0.2) is 70.3 Å². The molecule has 12 nitrogen and oxygen atoms in total. The summed E-state index contributed by atoms with van der Waals surface area (Å²) in [5.74, 6) is -0.530. The van der Waals surface area contributed by atoms with Crippen molar-refractivity contribution in [3.63, 3.8) is 0 Å². The molecular weight excluding hydrogens is 777 g/mol. The molecule has 4 rings (SSSR count). The van der Waals surface area contributed by atoms with E-state index in [0.717, 1.165) is 42.4 Å². The van der Waals surface area contributed by atoms with Gasteiger partial charge < -0.3 is 42.1 Å². The summed E-state index contributed by atoms with van der Waals surface area (Å²) < 4.78 is 0. The highest BCUT2D eigenvalue weighted by Gasteiger charge is 2.63. The molecule has 1 fully saturated rings. The van der Waals surface area contributed by atoms with Crippen molar-refractivity contribution in [2.75, 3.05) is 38.2 Å². The summed E-state index contributed by atoms with van der Waals surface area (Å²) in [6, 6.07) is 23.5. The van der Waals surface area contributed by atoms with Crippen molar-refractivity contribution in [3.8, 4) is 5.75 Å². The highest BCUT2D eigenvalue weighted by molar-refractivity contribution is 5.64. The molecule has 1 saturated carbocycles. The molecule has 3 atom stereocenters. The number of phenols is 1. The number of aromatic hydroxyl groups is 1. The third-order valence-electron chi connectivity index (χ3n) is 12.1. The van der Waals surface area contributed by atoms with Gasteiger partial charge in [0.15, 0.2) is 0 Å². The first kappa shape index (κ1) is 50.4. The summed E-state index contributed by atoms with van der Waals surface area (Å²) in [5.41, 5.74) is 17.0. The third-order valence-corrected chi connectivity index (χ3v) is 12.1. The van der Waals surface area contributed by atoms with E-state index in [4.69, 9.17) is 11.5 Å². The van der Waals surface area contributed by atoms with E-state index in [1.54, 1.807) is 12.1 Å².